The molecule has 0 rings (SSSR count). The number of hydrogen-bond donors (Lipinski definition) is 0. The maximum atomic E-state index is 10.6. The summed E-state index contributed by atoms with van der Waals surface area (Å²) in [5.41, 5.74) is 0. The van der Waals surface area contributed by atoms with Crippen LogP contribution in [0.15, 0.2) is 12.2 Å². The molecule has 13 heavy (non-hydrogen) atoms. The predicted molar refractivity (Wildman–Crippen MR) is 40.0 cm³/mol. The molecule has 0 saturated heterocycles. The largest absolute Gasteiger partial charge is 0.545 e. The fraction of sp³-hybridized carbons (Fsp3) is 0.500. The quantitative estimate of drug-likeness (QED) is 0.283. The van der Waals surface area contributed by atoms with E-state index in [1.54, 1.807) is 0 Å². The monoisotopic (exact) mass is 235 g/mol. The maximum Gasteiger partial charge on any atom is 0.330 e. The first-order valence-electron chi connectivity index (χ1n) is 3.72. The van der Waals surface area contributed by atoms with Crippen LogP contribution in [0.25, 0.3) is 0 Å². The van der Waals surface area contributed by atoms with Crippen molar-refractivity contribution < 1.29 is 38.9 Å². The number of carbonyl (C=O) groups excluding carboxylic acids is 2. The number of carboxylic acids is 1. The second kappa shape index (κ2) is 9.39. The van der Waals surface area contributed by atoms with E-state index in [2.05, 4.69) is 4.74 Å². The summed E-state index contributed by atoms with van der Waals surface area (Å²) in [5, 5.41) is 9.83. The van der Waals surface area contributed by atoms with Gasteiger partial charge in [0.1, 0.15) is 0 Å². The molecule has 0 bridgehead atoms. The van der Waals surface area contributed by atoms with E-state index < -0.39 is 11.9 Å². The van der Waals surface area contributed by atoms with E-state index in [0.29, 0.717) is 12.7 Å². The van der Waals surface area contributed by atoms with E-state index in [1.807, 2.05) is 6.92 Å². The molecule has 0 N–H and O–H groups in total. The minimum atomic E-state index is -1.40. The summed E-state index contributed by atoms with van der Waals surface area (Å²) < 4.78 is 4.62. The molecule has 0 radical (unpaired) electrons. The molecule has 0 aliphatic rings. The molecule has 0 saturated carbocycles. The summed E-state index contributed by atoms with van der Waals surface area (Å²) in [7, 11) is 0. The zero-order valence-corrected chi connectivity index (χ0v) is 10.6. The number of unbranched alkanes of at least 4 members (excludes halogenated alkanes) is 1. The summed E-state index contributed by atoms with van der Waals surface area (Å²) in [6, 6.07) is 0. The first-order chi connectivity index (χ1) is 5.66. The number of ether oxygens (including phenoxy) is 1. The molecule has 5 heteroatoms. The number of aliphatic carboxylic acids is 1. The van der Waals surface area contributed by atoms with Gasteiger partial charge in [-0.05, 0) is 12.5 Å². The van der Waals surface area contributed by atoms with Crippen LogP contribution in [0.2, 0.25) is 0 Å². The zero-order chi connectivity index (χ0) is 9.40. The number of carboxylic acid groups (broad SMARTS) is 1. The van der Waals surface area contributed by atoms with Crippen LogP contribution in [-0.2, 0) is 33.8 Å². The standard InChI is InChI=1S/C8H12O4.Zn/c1-2-3-6-12-8(11)5-4-7(9)10;/h4-5H,2-3,6H2,1H3,(H,9,10);/p-1/b5-4-;. The van der Waals surface area contributed by atoms with Crippen molar-refractivity contribution >= 4 is 11.9 Å². The van der Waals surface area contributed by atoms with Gasteiger partial charge < -0.3 is 14.6 Å². The van der Waals surface area contributed by atoms with Crippen molar-refractivity contribution in [3.8, 4) is 0 Å². The molecule has 0 aromatic rings. The third-order valence-electron chi connectivity index (χ3n) is 1.10. The first-order valence-corrected chi connectivity index (χ1v) is 3.72. The Morgan fingerprint density at radius 1 is 1.38 bits per heavy atom. The van der Waals surface area contributed by atoms with Crippen molar-refractivity contribution in [2.75, 3.05) is 6.61 Å². The third kappa shape index (κ3) is 11.3. The van der Waals surface area contributed by atoms with Gasteiger partial charge >= 0.3 is 5.97 Å². The van der Waals surface area contributed by atoms with Gasteiger partial charge in [0.05, 0.1) is 12.6 Å². The summed E-state index contributed by atoms with van der Waals surface area (Å²) in [4.78, 5) is 20.5. The van der Waals surface area contributed by atoms with E-state index in [0.717, 1.165) is 18.9 Å². The molecule has 0 aliphatic carbocycles. The van der Waals surface area contributed by atoms with Gasteiger partial charge in [-0.3, -0.25) is 0 Å². The maximum absolute atomic E-state index is 10.6. The molecule has 0 atom stereocenters. The normalized spacial score (nSPS) is 9.31. The Morgan fingerprint density at radius 2 is 2.00 bits per heavy atom. The molecule has 0 aliphatic heterocycles. The molecular weight excluding hydrogens is 225 g/mol. The van der Waals surface area contributed by atoms with Crippen molar-refractivity contribution in [2.24, 2.45) is 0 Å². The fourth-order valence-electron chi connectivity index (χ4n) is 0.501. The minimum absolute atomic E-state index is 0. The topological polar surface area (TPSA) is 66.4 Å². The van der Waals surface area contributed by atoms with Gasteiger partial charge in [0.15, 0.2) is 0 Å². The molecule has 4 nitrogen and oxygen atoms in total. The van der Waals surface area contributed by atoms with Gasteiger partial charge in [-0.15, -0.1) is 0 Å². The van der Waals surface area contributed by atoms with Crippen LogP contribution in [0.3, 0.4) is 0 Å². The number of rotatable bonds is 5. The van der Waals surface area contributed by atoms with Crippen LogP contribution in [0.5, 0.6) is 0 Å². The van der Waals surface area contributed by atoms with Crippen molar-refractivity contribution in [1.29, 1.82) is 0 Å². The summed E-state index contributed by atoms with van der Waals surface area (Å²) >= 11 is 0. The van der Waals surface area contributed by atoms with Crippen LogP contribution in [0.1, 0.15) is 19.8 Å². The van der Waals surface area contributed by atoms with Crippen LogP contribution in [0, 0.1) is 0 Å². The van der Waals surface area contributed by atoms with Gasteiger partial charge in [0, 0.05) is 25.6 Å². The van der Waals surface area contributed by atoms with E-state index >= 15 is 0 Å². The fourth-order valence-corrected chi connectivity index (χ4v) is 0.501. The summed E-state index contributed by atoms with van der Waals surface area (Å²) in [6.45, 7) is 2.29. The Balaban J connectivity index is 0. The molecule has 0 fully saturated rings. The van der Waals surface area contributed by atoms with Crippen LogP contribution in [0.4, 0.5) is 0 Å². The van der Waals surface area contributed by atoms with Crippen molar-refractivity contribution in [1.82, 2.24) is 0 Å². The SMILES string of the molecule is CCCCOC(=O)/C=C\C(=O)[O-].[Zn]. The van der Waals surface area contributed by atoms with Crippen LogP contribution in [-0.4, -0.2) is 18.5 Å². The molecule has 0 aromatic heterocycles. The molecular formula is C8H11O4Zn-. The second-order valence-electron chi connectivity index (χ2n) is 2.17. The van der Waals surface area contributed by atoms with E-state index in [4.69, 9.17) is 0 Å². The van der Waals surface area contributed by atoms with Gasteiger partial charge in [0.25, 0.3) is 0 Å². The van der Waals surface area contributed by atoms with Crippen molar-refractivity contribution in [2.45, 2.75) is 19.8 Å². The summed E-state index contributed by atoms with van der Waals surface area (Å²) in [6.07, 6.45) is 3.20. The van der Waals surface area contributed by atoms with Crippen molar-refractivity contribution in [3.05, 3.63) is 12.2 Å². The molecule has 0 amide bonds. The Morgan fingerprint density at radius 3 is 2.46 bits per heavy atom. The van der Waals surface area contributed by atoms with Crippen LogP contribution < -0.4 is 5.11 Å². The average molecular weight is 237 g/mol. The zero-order valence-electron chi connectivity index (χ0n) is 7.62. The van der Waals surface area contributed by atoms with Gasteiger partial charge in [-0.1, -0.05) is 13.3 Å². The van der Waals surface area contributed by atoms with E-state index in [-0.39, 0.29) is 19.5 Å². The number of hydrogen-bond acceptors (Lipinski definition) is 4. The van der Waals surface area contributed by atoms with Gasteiger partial charge in [0.2, 0.25) is 0 Å². The van der Waals surface area contributed by atoms with Gasteiger partial charge in [-0.25, -0.2) is 4.79 Å². The van der Waals surface area contributed by atoms with Crippen molar-refractivity contribution in [3.63, 3.8) is 0 Å². The molecule has 0 heterocycles. The average Bonchev–Trinajstić information content (AvgIpc) is 2.01. The molecule has 0 unspecified atom stereocenters. The molecule has 70 valence electrons. The van der Waals surface area contributed by atoms with E-state index in [9.17, 15) is 14.7 Å². The van der Waals surface area contributed by atoms with E-state index in [1.165, 1.54) is 0 Å². The first kappa shape index (κ1) is 14.8. The predicted octanol–water partition coefficient (Wildman–Crippen LogP) is -0.367. The van der Waals surface area contributed by atoms with Crippen LogP contribution >= 0.6 is 0 Å². The smallest absolute Gasteiger partial charge is 0.330 e. The summed E-state index contributed by atoms with van der Waals surface area (Å²) in [5.74, 6) is -2.05. The Bertz CT molecular complexity index is 189. The third-order valence-corrected chi connectivity index (χ3v) is 1.10. The molecule has 0 aromatic carbocycles. The molecule has 0 spiro atoms. The Labute approximate surface area is 89.7 Å². The van der Waals surface area contributed by atoms with Gasteiger partial charge in [-0.2, -0.15) is 0 Å². The number of esters is 1. The Kier molecular flexibility index (Phi) is 10.7. The number of carbonyl (C=O) groups is 2. The minimum Gasteiger partial charge on any atom is -0.545 e. The second-order valence-corrected chi connectivity index (χ2v) is 2.17. The Hall–Kier alpha value is -0.697.